The van der Waals surface area contributed by atoms with Crippen molar-refractivity contribution in [2.75, 3.05) is 0 Å². The molecule has 1 atom stereocenters. The van der Waals surface area contributed by atoms with E-state index in [4.69, 9.17) is 0 Å². The first-order valence-electron chi connectivity index (χ1n) is 6.37. The van der Waals surface area contributed by atoms with Gasteiger partial charge in [-0.15, -0.1) is 0 Å². The zero-order valence-electron chi connectivity index (χ0n) is 10.7. The second-order valence-electron chi connectivity index (χ2n) is 4.51. The van der Waals surface area contributed by atoms with Gasteiger partial charge in [-0.25, -0.2) is 9.97 Å². The third-order valence-corrected chi connectivity index (χ3v) is 2.98. The summed E-state index contributed by atoms with van der Waals surface area (Å²) in [5, 5.41) is 3.48. The average Bonchev–Trinajstić information content (AvgIpc) is 2.45. The molecule has 0 bridgehead atoms. The maximum Gasteiger partial charge on any atom is 0.115 e. The minimum Gasteiger partial charge on any atom is -0.309 e. The molecule has 1 heterocycles. The fourth-order valence-electron chi connectivity index (χ4n) is 1.83. The topological polar surface area (TPSA) is 37.8 Å². The molecule has 0 aliphatic rings. The molecule has 0 amide bonds. The molecule has 0 radical (unpaired) electrons. The number of aryl methyl sites for hydroxylation is 1. The van der Waals surface area contributed by atoms with Crippen molar-refractivity contribution in [2.45, 2.75) is 32.4 Å². The number of rotatable bonds is 6. The summed E-state index contributed by atoms with van der Waals surface area (Å²) in [4.78, 5) is 8.10. The number of nitrogens with one attached hydrogen (secondary N) is 1. The van der Waals surface area contributed by atoms with Crippen LogP contribution in [0.15, 0.2) is 48.9 Å². The minimum atomic E-state index is 0.486. The second kappa shape index (κ2) is 6.87. The zero-order valence-corrected chi connectivity index (χ0v) is 10.7. The van der Waals surface area contributed by atoms with E-state index >= 15 is 0 Å². The van der Waals surface area contributed by atoms with Crippen LogP contribution in [0.25, 0.3) is 0 Å². The van der Waals surface area contributed by atoms with E-state index in [-0.39, 0.29) is 0 Å². The van der Waals surface area contributed by atoms with E-state index in [9.17, 15) is 0 Å². The molecule has 18 heavy (non-hydrogen) atoms. The Morgan fingerprint density at radius 2 is 2.00 bits per heavy atom. The van der Waals surface area contributed by atoms with Crippen LogP contribution < -0.4 is 5.32 Å². The molecule has 0 spiro atoms. The summed E-state index contributed by atoms with van der Waals surface area (Å²) in [5.41, 5.74) is 2.43. The quantitative estimate of drug-likeness (QED) is 0.844. The Morgan fingerprint density at radius 3 is 2.72 bits per heavy atom. The van der Waals surface area contributed by atoms with Gasteiger partial charge in [0.15, 0.2) is 0 Å². The minimum absolute atomic E-state index is 0.486. The fraction of sp³-hybridized carbons (Fsp3) is 0.333. The van der Waals surface area contributed by atoms with E-state index < -0.39 is 0 Å². The Labute approximate surface area is 108 Å². The normalized spacial score (nSPS) is 12.3. The van der Waals surface area contributed by atoms with Crippen LogP contribution in [0.1, 0.15) is 24.6 Å². The number of aromatic nitrogens is 2. The van der Waals surface area contributed by atoms with E-state index in [2.05, 4.69) is 52.5 Å². The van der Waals surface area contributed by atoms with Crippen molar-refractivity contribution >= 4 is 0 Å². The van der Waals surface area contributed by atoms with Crippen LogP contribution in [0, 0.1) is 0 Å². The van der Waals surface area contributed by atoms with Crippen LogP contribution in [0.5, 0.6) is 0 Å². The summed E-state index contributed by atoms with van der Waals surface area (Å²) in [5.74, 6) is 0. The highest BCUT2D eigenvalue weighted by Crippen LogP contribution is 2.05. The molecule has 2 aromatic rings. The van der Waals surface area contributed by atoms with Crippen molar-refractivity contribution in [2.24, 2.45) is 0 Å². The summed E-state index contributed by atoms with van der Waals surface area (Å²) in [6, 6.07) is 13.0. The summed E-state index contributed by atoms with van der Waals surface area (Å²) in [7, 11) is 0. The predicted octanol–water partition coefficient (Wildman–Crippen LogP) is 2.59. The average molecular weight is 241 g/mol. The van der Waals surface area contributed by atoms with E-state index in [1.54, 1.807) is 12.5 Å². The van der Waals surface area contributed by atoms with Crippen molar-refractivity contribution in [1.82, 2.24) is 15.3 Å². The SMILES string of the molecule is CC(CCc1ccccc1)NCc1ccncn1. The molecule has 0 aliphatic heterocycles. The van der Waals surface area contributed by atoms with Crippen molar-refractivity contribution in [3.8, 4) is 0 Å². The maximum atomic E-state index is 4.20. The molecule has 0 fully saturated rings. The predicted molar refractivity (Wildman–Crippen MR) is 73.1 cm³/mol. The molecule has 1 N–H and O–H groups in total. The fourth-order valence-corrected chi connectivity index (χ4v) is 1.83. The Morgan fingerprint density at radius 1 is 1.17 bits per heavy atom. The third kappa shape index (κ3) is 4.26. The molecule has 3 nitrogen and oxygen atoms in total. The molecule has 2 rings (SSSR count). The number of nitrogens with zero attached hydrogens (tertiary/aromatic N) is 2. The van der Waals surface area contributed by atoms with Gasteiger partial charge in [0.25, 0.3) is 0 Å². The lowest BCUT2D eigenvalue weighted by Crippen LogP contribution is -2.26. The highest BCUT2D eigenvalue weighted by Gasteiger charge is 2.02. The molecule has 1 aromatic heterocycles. The molecule has 1 unspecified atom stereocenters. The zero-order chi connectivity index (χ0) is 12.6. The van der Waals surface area contributed by atoms with E-state index in [1.165, 1.54) is 5.56 Å². The van der Waals surface area contributed by atoms with Crippen molar-refractivity contribution in [1.29, 1.82) is 0 Å². The van der Waals surface area contributed by atoms with E-state index in [1.807, 2.05) is 6.07 Å². The van der Waals surface area contributed by atoms with Crippen LogP contribution in [0.3, 0.4) is 0 Å². The standard InChI is InChI=1S/C15H19N3/c1-13(7-8-14-5-3-2-4-6-14)17-11-15-9-10-16-12-18-15/h2-6,9-10,12-13,17H,7-8,11H2,1H3. The molecule has 0 aliphatic carbocycles. The smallest absolute Gasteiger partial charge is 0.115 e. The van der Waals surface area contributed by atoms with Gasteiger partial charge in [0, 0.05) is 18.8 Å². The highest BCUT2D eigenvalue weighted by molar-refractivity contribution is 5.14. The molecule has 3 heteroatoms. The van der Waals surface area contributed by atoms with Crippen molar-refractivity contribution < 1.29 is 0 Å². The van der Waals surface area contributed by atoms with Gasteiger partial charge >= 0.3 is 0 Å². The first-order chi connectivity index (χ1) is 8.84. The molecule has 0 saturated heterocycles. The summed E-state index contributed by atoms with van der Waals surface area (Å²) in [6.45, 7) is 3.02. The molecule has 94 valence electrons. The van der Waals surface area contributed by atoms with Crippen molar-refractivity contribution in [3.05, 3.63) is 60.2 Å². The lowest BCUT2D eigenvalue weighted by atomic mass is 10.1. The lowest BCUT2D eigenvalue weighted by Gasteiger charge is -2.13. The monoisotopic (exact) mass is 241 g/mol. The third-order valence-electron chi connectivity index (χ3n) is 2.98. The Hall–Kier alpha value is -1.74. The summed E-state index contributed by atoms with van der Waals surface area (Å²) >= 11 is 0. The molecular weight excluding hydrogens is 222 g/mol. The van der Waals surface area contributed by atoms with Crippen LogP contribution >= 0.6 is 0 Å². The molecule has 0 saturated carbocycles. The second-order valence-corrected chi connectivity index (χ2v) is 4.51. The Bertz CT molecular complexity index is 398. The van der Waals surface area contributed by atoms with Gasteiger partial charge in [0.2, 0.25) is 0 Å². The van der Waals surface area contributed by atoms with Crippen molar-refractivity contribution in [3.63, 3.8) is 0 Å². The highest BCUT2D eigenvalue weighted by atomic mass is 14.9. The summed E-state index contributed by atoms with van der Waals surface area (Å²) in [6.07, 6.45) is 5.61. The van der Waals surface area contributed by atoms with Gasteiger partial charge in [-0.2, -0.15) is 0 Å². The largest absolute Gasteiger partial charge is 0.309 e. The van der Waals surface area contributed by atoms with Crippen LogP contribution in [0.2, 0.25) is 0 Å². The van der Waals surface area contributed by atoms with Gasteiger partial charge in [-0.3, -0.25) is 0 Å². The van der Waals surface area contributed by atoms with E-state index in [0.717, 1.165) is 25.1 Å². The van der Waals surface area contributed by atoms with Gasteiger partial charge in [-0.05, 0) is 31.4 Å². The lowest BCUT2D eigenvalue weighted by molar-refractivity contribution is 0.509. The number of hydrogen-bond donors (Lipinski definition) is 1. The van der Waals surface area contributed by atoms with Crippen LogP contribution in [-0.2, 0) is 13.0 Å². The molecular formula is C15H19N3. The number of benzene rings is 1. The molecule has 1 aromatic carbocycles. The Kier molecular flexibility index (Phi) is 4.85. The maximum absolute atomic E-state index is 4.20. The Balaban J connectivity index is 1.71. The van der Waals surface area contributed by atoms with Crippen LogP contribution in [-0.4, -0.2) is 16.0 Å². The first kappa shape index (κ1) is 12.7. The van der Waals surface area contributed by atoms with Gasteiger partial charge in [0.05, 0.1) is 5.69 Å². The van der Waals surface area contributed by atoms with Gasteiger partial charge < -0.3 is 5.32 Å². The number of hydrogen-bond acceptors (Lipinski definition) is 3. The van der Waals surface area contributed by atoms with Gasteiger partial charge in [-0.1, -0.05) is 30.3 Å². The first-order valence-corrected chi connectivity index (χ1v) is 6.37. The van der Waals surface area contributed by atoms with Gasteiger partial charge in [0.1, 0.15) is 6.33 Å². The van der Waals surface area contributed by atoms with E-state index in [0.29, 0.717) is 6.04 Å². The van der Waals surface area contributed by atoms with Crippen LogP contribution in [0.4, 0.5) is 0 Å². The summed E-state index contributed by atoms with van der Waals surface area (Å²) < 4.78 is 0.